The summed E-state index contributed by atoms with van der Waals surface area (Å²) in [6, 6.07) is 14.2. The SMILES string of the molecule is CCOc1cc(/C=C2\C(=O)NC(=O)N(c3cccc(C)c3C)C2=O)cc(Br)c1OCc1ccc(C)c(C)c1. The van der Waals surface area contributed by atoms with Crippen LogP contribution in [0.5, 0.6) is 11.5 Å². The lowest BCUT2D eigenvalue weighted by Gasteiger charge is -2.28. The third-order valence-electron chi connectivity index (χ3n) is 6.52. The third kappa shape index (κ3) is 5.50. The topological polar surface area (TPSA) is 84.9 Å². The van der Waals surface area contributed by atoms with E-state index in [-0.39, 0.29) is 5.57 Å². The molecule has 1 heterocycles. The number of carbonyl (C=O) groups excluding carboxylic acids is 3. The first-order valence-corrected chi connectivity index (χ1v) is 13.0. The summed E-state index contributed by atoms with van der Waals surface area (Å²) in [5.74, 6) is -0.482. The molecule has 0 aliphatic carbocycles. The van der Waals surface area contributed by atoms with Gasteiger partial charge in [-0.15, -0.1) is 0 Å². The number of benzene rings is 3. The van der Waals surface area contributed by atoms with Crippen molar-refractivity contribution in [1.29, 1.82) is 0 Å². The van der Waals surface area contributed by atoms with Gasteiger partial charge in [0.1, 0.15) is 12.2 Å². The molecule has 1 fully saturated rings. The van der Waals surface area contributed by atoms with E-state index in [4.69, 9.17) is 9.47 Å². The van der Waals surface area contributed by atoms with Crippen molar-refractivity contribution in [2.24, 2.45) is 0 Å². The highest BCUT2D eigenvalue weighted by atomic mass is 79.9. The smallest absolute Gasteiger partial charge is 0.335 e. The second kappa shape index (κ2) is 11.2. The predicted molar refractivity (Wildman–Crippen MR) is 150 cm³/mol. The highest BCUT2D eigenvalue weighted by molar-refractivity contribution is 9.10. The molecule has 4 rings (SSSR count). The molecule has 7 nitrogen and oxygen atoms in total. The second-order valence-corrected chi connectivity index (χ2v) is 10.0. The molecule has 196 valence electrons. The summed E-state index contributed by atoms with van der Waals surface area (Å²) < 4.78 is 12.5. The van der Waals surface area contributed by atoms with Gasteiger partial charge in [-0.1, -0.05) is 30.3 Å². The van der Waals surface area contributed by atoms with Crippen LogP contribution in [0.4, 0.5) is 10.5 Å². The second-order valence-electron chi connectivity index (χ2n) is 9.15. The molecule has 8 heteroatoms. The fourth-order valence-corrected chi connectivity index (χ4v) is 4.72. The van der Waals surface area contributed by atoms with E-state index in [2.05, 4.69) is 47.2 Å². The minimum atomic E-state index is -0.780. The van der Waals surface area contributed by atoms with Gasteiger partial charge in [-0.2, -0.15) is 0 Å². The van der Waals surface area contributed by atoms with Crippen molar-refractivity contribution in [3.8, 4) is 11.5 Å². The standard InChI is InChI=1S/C30H29BrN2O5/c1-6-37-26-15-22(14-24(31)27(26)38-16-21-11-10-17(2)19(4)12-21)13-23-28(34)32-30(36)33(29(23)35)25-9-7-8-18(3)20(25)5/h7-15H,6,16H2,1-5H3,(H,32,34,36)/b23-13+. The highest BCUT2D eigenvalue weighted by Crippen LogP contribution is 2.38. The Balaban J connectivity index is 1.67. The zero-order valence-electron chi connectivity index (χ0n) is 22.0. The number of halogens is 1. The number of urea groups is 1. The number of nitrogens with one attached hydrogen (secondary N) is 1. The van der Waals surface area contributed by atoms with Crippen LogP contribution in [0.2, 0.25) is 0 Å². The van der Waals surface area contributed by atoms with Crippen LogP contribution in [0, 0.1) is 27.7 Å². The van der Waals surface area contributed by atoms with E-state index >= 15 is 0 Å². The maximum atomic E-state index is 13.4. The summed E-state index contributed by atoms with van der Waals surface area (Å²) in [7, 11) is 0. The average Bonchev–Trinajstić information content (AvgIpc) is 2.86. The minimum absolute atomic E-state index is 0.163. The molecule has 0 atom stereocenters. The lowest BCUT2D eigenvalue weighted by molar-refractivity contribution is -0.122. The maximum Gasteiger partial charge on any atom is 0.335 e. The Bertz CT molecular complexity index is 1480. The molecule has 0 aromatic heterocycles. The van der Waals surface area contributed by atoms with Crippen LogP contribution in [-0.2, 0) is 16.2 Å². The molecule has 1 saturated heterocycles. The summed E-state index contributed by atoms with van der Waals surface area (Å²) in [6.07, 6.45) is 1.45. The number of carbonyl (C=O) groups is 3. The quantitative estimate of drug-likeness (QED) is 0.262. The molecular weight excluding hydrogens is 548 g/mol. The first-order valence-electron chi connectivity index (χ1n) is 12.2. The fraction of sp³-hybridized carbons (Fsp3) is 0.233. The Morgan fingerprint density at radius 1 is 0.921 bits per heavy atom. The maximum absolute atomic E-state index is 13.4. The van der Waals surface area contributed by atoms with Crippen molar-refractivity contribution < 1.29 is 23.9 Å². The van der Waals surface area contributed by atoms with Gasteiger partial charge >= 0.3 is 6.03 Å². The Kier molecular flexibility index (Phi) is 8.02. The van der Waals surface area contributed by atoms with E-state index in [0.29, 0.717) is 40.4 Å². The van der Waals surface area contributed by atoms with Crippen LogP contribution in [0.15, 0.2) is 58.6 Å². The summed E-state index contributed by atoms with van der Waals surface area (Å²) in [6.45, 7) is 10.4. The van der Waals surface area contributed by atoms with Crippen LogP contribution in [0.3, 0.4) is 0 Å². The molecule has 3 aromatic rings. The van der Waals surface area contributed by atoms with Gasteiger partial charge in [0.05, 0.1) is 16.8 Å². The molecule has 1 aliphatic heterocycles. The number of rotatable bonds is 7. The van der Waals surface area contributed by atoms with Crippen molar-refractivity contribution in [3.63, 3.8) is 0 Å². The number of aryl methyl sites for hydroxylation is 3. The van der Waals surface area contributed by atoms with Crippen LogP contribution >= 0.6 is 15.9 Å². The number of ether oxygens (including phenoxy) is 2. The van der Waals surface area contributed by atoms with E-state index in [1.54, 1.807) is 24.3 Å². The van der Waals surface area contributed by atoms with E-state index in [0.717, 1.165) is 21.6 Å². The van der Waals surface area contributed by atoms with E-state index in [1.165, 1.54) is 17.2 Å². The van der Waals surface area contributed by atoms with Gasteiger partial charge in [0, 0.05) is 0 Å². The summed E-state index contributed by atoms with van der Waals surface area (Å²) >= 11 is 3.55. The van der Waals surface area contributed by atoms with Crippen LogP contribution in [0.1, 0.15) is 40.3 Å². The molecule has 0 spiro atoms. The molecule has 4 amide bonds. The zero-order valence-corrected chi connectivity index (χ0v) is 23.6. The van der Waals surface area contributed by atoms with Crippen molar-refractivity contribution in [2.45, 2.75) is 41.2 Å². The number of barbiturate groups is 1. The minimum Gasteiger partial charge on any atom is -0.490 e. The molecular formula is C30H29BrN2O5. The number of amides is 4. The molecule has 0 bridgehead atoms. The molecule has 3 aromatic carbocycles. The van der Waals surface area contributed by atoms with Gasteiger partial charge in [-0.3, -0.25) is 14.9 Å². The molecule has 1 aliphatic rings. The lowest BCUT2D eigenvalue weighted by atomic mass is 10.0. The molecule has 0 saturated carbocycles. The van der Waals surface area contributed by atoms with Gasteiger partial charge in [0.2, 0.25) is 0 Å². The number of nitrogens with zero attached hydrogens (tertiary/aromatic N) is 1. The average molecular weight is 577 g/mol. The number of anilines is 1. The molecule has 0 unspecified atom stereocenters. The van der Waals surface area contributed by atoms with Gasteiger partial charge in [-0.25, -0.2) is 9.69 Å². The van der Waals surface area contributed by atoms with Crippen LogP contribution in [-0.4, -0.2) is 24.5 Å². The van der Waals surface area contributed by atoms with Gasteiger partial charge in [-0.05, 0) is 108 Å². The molecule has 38 heavy (non-hydrogen) atoms. The largest absolute Gasteiger partial charge is 0.490 e. The van der Waals surface area contributed by atoms with E-state index < -0.39 is 17.8 Å². The molecule has 1 N–H and O–H groups in total. The Hall–Kier alpha value is -3.91. The van der Waals surface area contributed by atoms with E-state index in [1.807, 2.05) is 32.9 Å². The number of imide groups is 2. The van der Waals surface area contributed by atoms with Gasteiger partial charge in [0.15, 0.2) is 11.5 Å². The van der Waals surface area contributed by atoms with Crippen molar-refractivity contribution in [3.05, 3.63) is 92.0 Å². The van der Waals surface area contributed by atoms with Gasteiger partial charge in [0.25, 0.3) is 11.8 Å². The first kappa shape index (κ1) is 27.1. The fourth-order valence-electron chi connectivity index (χ4n) is 4.14. The summed E-state index contributed by atoms with van der Waals surface area (Å²) in [5, 5.41) is 2.28. The van der Waals surface area contributed by atoms with Crippen molar-refractivity contribution in [2.75, 3.05) is 11.5 Å². The Morgan fingerprint density at radius 2 is 1.68 bits per heavy atom. The summed E-state index contributed by atoms with van der Waals surface area (Å²) in [4.78, 5) is 39.7. The van der Waals surface area contributed by atoms with Crippen LogP contribution < -0.4 is 19.7 Å². The Labute approximate surface area is 230 Å². The lowest BCUT2D eigenvalue weighted by Crippen LogP contribution is -2.54. The predicted octanol–water partition coefficient (Wildman–Crippen LogP) is 6.33. The van der Waals surface area contributed by atoms with E-state index in [9.17, 15) is 14.4 Å². The first-order chi connectivity index (χ1) is 18.1. The number of hydrogen-bond donors (Lipinski definition) is 1. The van der Waals surface area contributed by atoms with Gasteiger partial charge < -0.3 is 9.47 Å². The van der Waals surface area contributed by atoms with Crippen molar-refractivity contribution >= 4 is 45.5 Å². The molecule has 0 radical (unpaired) electrons. The monoisotopic (exact) mass is 576 g/mol. The number of hydrogen-bond acceptors (Lipinski definition) is 5. The highest BCUT2D eigenvalue weighted by Gasteiger charge is 2.37. The third-order valence-corrected chi connectivity index (χ3v) is 7.10. The Morgan fingerprint density at radius 3 is 2.39 bits per heavy atom. The van der Waals surface area contributed by atoms with Crippen molar-refractivity contribution in [1.82, 2.24) is 5.32 Å². The zero-order chi connectivity index (χ0) is 27.6. The van der Waals surface area contributed by atoms with Crippen LogP contribution in [0.25, 0.3) is 6.08 Å². The normalized spacial score (nSPS) is 14.6. The summed E-state index contributed by atoms with van der Waals surface area (Å²) in [5.41, 5.74) is 5.91.